The van der Waals surface area contributed by atoms with Crippen LogP contribution in [0.15, 0.2) is 34.7 Å². The van der Waals surface area contributed by atoms with Gasteiger partial charge in [-0.3, -0.25) is 4.79 Å². The molecule has 6 heteroatoms. The standard InChI is InChI=1S/C15H15N3O2S/c1-9-10(2)17-18(14(9)19)15-16-13(8-21-15)11-4-6-12(20-3)7-5-11/h4-9H,1-3H3/t9-/m1/s1. The van der Waals surface area contributed by atoms with Crippen molar-refractivity contribution >= 4 is 28.1 Å². The van der Waals surface area contributed by atoms with E-state index >= 15 is 0 Å². The predicted molar refractivity (Wildman–Crippen MR) is 83.9 cm³/mol. The Hall–Kier alpha value is -2.21. The number of benzene rings is 1. The number of amides is 1. The molecule has 0 radical (unpaired) electrons. The van der Waals surface area contributed by atoms with E-state index in [2.05, 4.69) is 10.1 Å². The van der Waals surface area contributed by atoms with Gasteiger partial charge in [0.1, 0.15) is 5.75 Å². The highest BCUT2D eigenvalue weighted by molar-refractivity contribution is 7.14. The summed E-state index contributed by atoms with van der Waals surface area (Å²) in [7, 11) is 1.64. The van der Waals surface area contributed by atoms with Gasteiger partial charge >= 0.3 is 0 Å². The van der Waals surface area contributed by atoms with Crippen molar-refractivity contribution in [2.45, 2.75) is 13.8 Å². The molecular formula is C15H15N3O2S. The molecule has 1 aromatic heterocycles. The summed E-state index contributed by atoms with van der Waals surface area (Å²) in [6.45, 7) is 3.72. The summed E-state index contributed by atoms with van der Waals surface area (Å²) >= 11 is 1.42. The van der Waals surface area contributed by atoms with Crippen LogP contribution in [0.5, 0.6) is 5.75 Å². The molecule has 0 saturated heterocycles. The Morgan fingerprint density at radius 3 is 2.57 bits per heavy atom. The van der Waals surface area contributed by atoms with E-state index in [1.165, 1.54) is 16.3 Å². The molecule has 1 amide bonds. The largest absolute Gasteiger partial charge is 0.497 e. The molecule has 1 aliphatic rings. The number of hydrogen-bond donors (Lipinski definition) is 0. The van der Waals surface area contributed by atoms with Gasteiger partial charge in [-0.05, 0) is 38.1 Å². The molecule has 0 saturated carbocycles. The fraction of sp³-hybridized carbons (Fsp3) is 0.267. The van der Waals surface area contributed by atoms with Gasteiger partial charge in [-0.15, -0.1) is 11.3 Å². The van der Waals surface area contributed by atoms with Gasteiger partial charge in [0, 0.05) is 16.7 Å². The van der Waals surface area contributed by atoms with Crippen LogP contribution in [0, 0.1) is 5.92 Å². The molecule has 0 bridgehead atoms. The predicted octanol–water partition coefficient (Wildman–Crippen LogP) is 3.18. The van der Waals surface area contributed by atoms with Gasteiger partial charge in [0.15, 0.2) is 0 Å². The van der Waals surface area contributed by atoms with E-state index in [4.69, 9.17) is 4.74 Å². The van der Waals surface area contributed by atoms with Gasteiger partial charge in [0.05, 0.1) is 18.7 Å². The van der Waals surface area contributed by atoms with Crippen LogP contribution in [0.1, 0.15) is 13.8 Å². The Bertz CT molecular complexity index is 706. The average Bonchev–Trinajstić information content (AvgIpc) is 3.08. The molecular weight excluding hydrogens is 286 g/mol. The first-order chi connectivity index (χ1) is 10.1. The van der Waals surface area contributed by atoms with Gasteiger partial charge in [-0.1, -0.05) is 0 Å². The summed E-state index contributed by atoms with van der Waals surface area (Å²) in [4.78, 5) is 16.6. The number of anilines is 1. The highest BCUT2D eigenvalue weighted by Gasteiger charge is 2.32. The lowest BCUT2D eigenvalue weighted by Gasteiger charge is -2.08. The van der Waals surface area contributed by atoms with E-state index in [1.807, 2.05) is 43.5 Å². The minimum absolute atomic E-state index is 0.0249. The summed E-state index contributed by atoms with van der Waals surface area (Å²) < 4.78 is 5.14. The molecule has 3 rings (SSSR count). The van der Waals surface area contributed by atoms with Crippen molar-refractivity contribution < 1.29 is 9.53 Å². The Labute approximate surface area is 126 Å². The normalized spacial score (nSPS) is 18.0. The minimum atomic E-state index is -0.168. The fourth-order valence-electron chi connectivity index (χ4n) is 2.05. The van der Waals surface area contributed by atoms with Crippen LogP contribution in [-0.4, -0.2) is 23.7 Å². The summed E-state index contributed by atoms with van der Waals surface area (Å²) in [6.07, 6.45) is 0. The van der Waals surface area contributed by atoms with Gasteiger partial charge in [0.2, 0.25) is 5.13 Å². The number of rotatable bonds is 3. The van der Waals surface area contributed by atoms with Crippen molar-refractivity contribution in [3.05, 3.63) is 29.6 Å². The number of hydrazone groups is 1. The van der Waals surface area contributed by atoms with E-state index in [0.717, 1.165) is 22.7 Å². The second-order valence-electron chi connectivity index (χ2n) is 4.86. The van der Waals surface area contributed by atoms with E-state index in [9.17, 15) is 4.79 Å². The summed E-state index contributed by atoms with van der Waals surface area (Å²) in [5.41, 5.74) is 2.64. The highest BCUT2D eigenvalue weighted by Crippen LogP contribution is 2.31. The Kier molecular flexibility index (Phi) is 3.47. The van der Waals surface area contributed by atoms with Gasteiger partial charge in [-0.25, -0.2) is 4.98 Å². The quantitative estimate of drug-likeness (QED) is 0.875. The van der Waals surface area contributed by atoms with Crippen LogP contribution >= 0.6 is 11.3 Å². The van der Waals surface area contributed by atoms with Crippen LogP contribution < -0.4 is 9.75 Å². The molecule has 0 N–H and O–H groups in total. The number of aromatic nitrogens is 1. The number of hydrogen-bond acceptors (Lipinski definition) is 5. The number of carbonyl (C=O) groups is 1. The van der Waals surface area contributed by atoms with Crippen molar-refractivity contribution in [2.24, 2.45) is 11.0 Å². The van der Waals surface area contributed by atoms with Crippen molar-refractivity contribution in [1.29, 1.82) is 0 Å². The highest BCUT2D eigenvalue weighted by atomic mass is 32.1. The first kappa shape index (κ1) is 13.8. The Balaban J connectivity index is 1.88. The summed E-state index contributed by atoms with van der Waals surface area (Å²) in [5, 5.41) is 8.22. The van der Waals surface area contributed by atoms with Crippen molar-refractivity contribution in [2.75, 3.05) is 12.1 Å². The molecule has 0 unspecified atom stereocenters. The van der Waals surface area contributed by atoms with Gasteiger partial charge in [-0.2, -0.15) is 10.1 Å². The van der Waals surface area contributed by atoms with Gasteiger partial charge < -0.3 is 4.74 Å². The topological polar surface area (TPSA) is 54.8 Å². The lowest BCUT2D eigenvalue weighted by Crippen LogP contribution is -2.24. The average molecular weight is 301 g/mol. The molecule has 108 valence electrons. The third kappa shape index (κ3) is 2.42. The lowest BCUT2D eigenvalue weighted by atomic mass is 10.1. The zero-order valence-electron chi connectivity index (χ0n) is 12.0. The molecule has 0 spiro atoms. The lowest BCUT2D eigenvalue weighted by molar-refractivity contribution is -0.119. The van der Waals surface area contributed by atoms with E-state index in [-0.39, 0.29) is 11.8 Å². The van der Waals surface area contributed by atoms with E-state index in [0.29, 0.717) is 5.13 Å². The zero-order chi connectivity index (χ0) is 15.0. The molecule has 2 heterocycles. The molecule has 1 atom stereocenters. The number of methoxy groups -OCH3 is 1. The molecule has 5 nitrogen and oxygen atoms in total. The number of carbonyl (C=O) groups excluding carboxylic acids is 1. The molecule has 21 heavy (non-hydrogen) atoms. The molecule has 1 aromatic carbocycles. The van der Waals surface area contributed by atoms with Crippen molar-refractivity contribution in [1.82, 2.24) is 4.98 Å². The maximum absolute atomic E-state index is 12.1. The molecule has 1 aliphatic heterocycles. The smallest absolute Gasteiger partial charge is 0.258 e. The van der Waals surface area contributed by atoms with E-state index < -0.39 is 0 Å². The number of nitrogens with zero attached hydrogens (tertiary/aromatic N) is 3. The zero-order valence-corrected chi connectivity index (χ0v) is 12.8. The molecule has 0 aliphatic carbocycles. The summed E-state index contributed by atoms with van der Waals surface area (Å²) in [6, 6.07) is 7.67. The second kappa shape index (κ2) is 5.29. The first-order valence-corrected chi connectivity index (χ1v) is 7.47. The molecule has 2 aromatic rings. The maximum atomic E-state index is 12.1. The van der Waals surface area contributed by atoms with Gasteiger partial charge in [0.25, 0.3) is 5.91 Å². The van der Waals surface area contributed by atoms with Crippen molar-refractivity contribution in [3.8, 4) is 17.0 Å². The SMILES string of the molecule is COc1ccc(-c2csc(N3N=C(C)[C@@H](C)C3=O)n2)cc1. The molecule has 0 fully saturated rings. The third-order valence-electron chi connectivity index (χ3n) is 3.52. The Morgan fingerprint density at radius 2 is 2.00 bits per heavy atom. The van der Waals surface area contributed by atoms with Crippen LogP contribution in [-0.2, 0) is 4.79 Å². The van der Waals surface area contributed by atoms with Crippen LogP contribution in [0.25, 0.3) is 11.3 Å². The number of ether oxygens (including phenoxy) is 1. The maximum Gasteiger partial charge on any atom is 0.258 e. The van der Waals surface area contributed by atoms with Crippen LogP contribution in [0.2, 0.25) is 0 Å². The van der Waals surface area contributed by atoms with E-state index in [1.54, 1.807) is 7.11 Å². The first-order valence-electron chi connectivity index (χ1n) is 6.59. The fourth-order valence-corrected chi connectivity index (χ4v) is 2.84. The van der Waals surface area contributed by atoms with Crippen LogP contribution in [0.3, 0.4) is 0 Å². The monoisotopic (exact) mass is 301 g/mol. The third-order valence-corrected chi connectivity index (χ3v) is 4.34. The van der Waals surface area contributed by atoms with Crippen LogP contribution in [0.4, 0.5) is 5.13 Å². The summed E-state index contributed by atoms with van der Waals surface area (Å²) in [5.74, 6) is 0.611. The second-order valence-corrected chi connectivity index (χ2v) is 5.69. The Morgan fingerprint density at radius 1 is 1.29 bits per heavy atom. The minimum Gasteiger partial charge on any atom is -0.497 e. The van der Waals surface area contributed by atoms with Crippen molar-refractivity contribution in [3.63, 3.8) is 0 Å². The number of thiazole rings is 1.